The Bertz CT molecular complexity index is 940. The van der Waals surface area contributed by atoms with E-state index in [0.717, 1.165) is 6.42 Å². The molecule has 38 heavy (non-hydrogen) atoms. The fraction of sp³-hybridized carbons (Fsp3) is 0.767. The van der Waals surface area contributed by atoms with Crippen LogP contribution in [0.15, 0.2) is 25.3 Å². The van der Waals surface area contributed by atoms with Gasteiger partial charge in [-0.05, 0) is 44.4 Å². The molecule has 3 aliphatic rings. The van der Waals surface area contributed by atoms with Crippen LogP contribution in [0.25, 0.3) is 0 Å². The fourth-order valence-electron chi connectivity index (χ4n) is 7.35. The monoisotopic (exact) mass is 532 g/mol. The Labute approximate surface area is 228 Å². The predicted molar refractivity (Wildman–Crippen MR) is 146 cm³/mol. The molecule has 3 fully saturated rings. The maximum absolute atomic E-state index is 14.7. The SMILES string of the molecule is C=CCOC(=O)[C@@H]1[C@@H]2CCC3(O2)C(C(=O)N(CC=C)C(C)(C)CC(C)(C)C)N([C@@H](CO)[C@@H](C)CC)C(=O)[C@H]13. The molecule has 2 amide bonds. The first-order valence-electron chi connectivity index (χ1n) is 14.0. The number of ether oxygens (including phenoxy) is 2. The maximum atomic E-state index is 14.7. The lowest BCUT2D eigenvalue weighted by Crippen LogP contribution is -2.63. The van der Waals surface area contributed by atoms with Gasteiger partial charge in [-0.3, -0.25) is 14.4 Å². The fourth-order valence-corrected chi connectivity index (χ4v) is 7.35. The van der Waals surface area contributed by atoms with Crippen molar-refractivity contribution in [3.05, 3.63) is 25.3 Å². The molecule has 1 spiro atoms. The number of carbonyl (C=O) groups excluding carboxylic acids is 3. The van der Waals surface area contributed by atoms with Gasteiger partial charge in [0.1, 0.15) is 18.2 Å². The molecular formula is C30H48N2O6. The average Bonchev–Trinajstić information content (AvgIpc) is 3.47. The van der Waals surface area contributed by atoms with E-state index in [1.165, 1.54) is 6.08 Å². The number of hydrogen-bond donors (Lipinski definition) is 1. The average molecular weight is 533 g/mol. The second kappa shape index (κ2) is 11.1. The molecule has 2 bridgehead atoms. The van der Waals surface area contributed by atoms with Crippen LogP contribution in [-0.2, 0) is 23.9 Å². The van der Waals surface area contributed by atoms with Crippen LogP contribution >= 0.6 is 0 Å². The first-order chi connectivity index (χ1) is 17.7. The van der Waals surface area contributed by atoms with Crippen molar-refractivity contribution in [3.8, 4) is 0 Å². The van der Waals surface area contributed by atoms with Gasteiger partial charge in [0, 0.05) is 12.1 Å². The quantitative estimate of drug-likeness (QED) is 0.304. The summed E-state index contributed by atoms with van der Waals surface area (Å²) < 4.78 is 11.9. The Morgan fingerprint density at radius 2 is 1.92 bits per heavy atom. The number of likely N-dealkylation sites (tertiary alicyclic amines) is 1. The van der Waals surface area contributed by atoms with Crippen LogP contribution in [0, 0.1) is 23.2 Å². The highest BCUT2D eigenvalue weighted by atomic mass is 16.6. The summed E-state index contributed by atoms with van der Waals surface area (Å²) in [5.41, 5.74) is -1.74. The van der Waals surface area contributed by atoms with Gasteiger partial charge in [-0.2, -0.15) is 0 Å². The number of amides is 2. The Morgan fingerprint density at radius 1 is 1.26 bits per heavy atom. The highest BCUT2D eigenvalue weighted by molar-refractivity contribution is 5.98. The summed E-state index contributed by atoms with van der Waals surface area (Å²) in [5, 5.41) is 10.5. The second-order valence-corrected chi connectivity index (χ2v) is 13.1. The Hall–Kier alpha value is -2.19. The zero-order chi connectivity index (χ0) is 28.6. The van der Waals surface area contributed by atoms with E-state index in [-0.39, 0.29) is 36.4 Å². The van der Waals surface area contributed by atoms with E-state index in [1.807, 2.05) is 27.7 Å². The molecule has 3 rings (SSSR count). The number of nitrogens with zero attached hydrogens (tertiary/aromatic N) is 2. The van der Waals surface area contributed by atoms with Crippen LogP contribution in [0.2, 0.25) is 0 Å². The zero-order valence-corrected chi connectivity index (χ0v) is 24.4. The third-order valence-corrected chi connectivity index (χ3v) is 8.70. The van der Waals surface area contributed by atoms with Crippen molar-refractivity contribution < 1.29 is 29.0 Å². The summed E-state index contributed by atoms with van der Waals surface area (Å²) in [6.07, 6.45) is 5.22. The minimum absolute atomic E-state index is 0.0439. The Morgan fingerprint density at radius 3 is 2.45 bits per heavy atom. The second-order valence-electron chi connectivity index (χ2n) is 13.1. The molecule has 7 atom stereocenters. The van der Waals surface area contributed by atoms with E-state index in [4.69, 9.17) is 9.47 Å². The van der Waals surface area contributed by atoms with E-state index in [1.54, 1.807) is 15.9 Å². The molecule has 2 unspecified atom stereocenters. The van der Waals surface area contributed by atoms with Gasteiger partial charge in [0.05, 0.1) is 30.6 Å². The number of carbonyl (C=O) groups is 3. The lowest BCUT2D eigenvalue weighted by Gasteiger charge is -2.47. The number of rotatable bonds is 12. The number of aliphatic hydroxyl groups excluding tert-OH is 1. The first kappa shape index (κ1) is 30.4. The van der Waals surface area contributed by atoms with Gasteiger partial charge in [-0.15, -0.1) is 6.58 Å². The zero-order valence-electron chi connectivity index (χ0n) is 24.4. The number of aliphatic hydroxyl groups is 1. The minimum Gasteiger partial charge on any atom is -0.461 e. The molecular weight excluding hydrogens is 484 g/mol. The smallest absolute Gasteiger partial charge is 0.312 e. The standard InChI is InChI=1S/C30H48N2O6/c1-10-15-31(29(8,9)18-28(5,6)7)26(35)24-30-14-13-21(38-30)22(27(36)37-16-11-2)23(30)25(34)32(24)20(17-33)19(4)12-3/h10-11,19-24,33H,1-2,12-18H2,3-9H3/t19-,20-,21-,22+,23-,24?,30?/m0/s1. The summed E-state index contributed by atoms with van der Waals surface area (Å²) in [6, 6.07) is -1.53. The highest BCUT2D eigenvalue weighted by Gasteiger charge is 2.76. The molecule has 8 heteroatoms. The van der Waals surface area contributed by atoms with E-state index in [0.29, 0.717) is 25.8 Å². The third kappa shape index (κ3) is 5.18. The van der Waals surface area contributed by atoms with Crippen molar-refractivity contribution in [3.63, 3.8) is 0 Å². The normalized spacial score (nSPS) is 30.1. The van der Waals surface area contributed by atoms with E-state index < -0.39 is 47.1 Å². The van der Waals surface area contributed by atoms with Crippen molar-refractivity contribution in [1.29, 1.82) is 0 Å². The Kier molecular flexibility index (Phi) is 8.89. The van der Waals surface area contributed by atoms with Gasteiger partial charge in [0.15, 0.2) is 0 Å². The molecule has 1 N–H and O–H groups in total. The summed E-state index contributed by atoms with van der Waals surface area (Å²) in [5.74, 6) is -2.71. The van der Waals surface area contributed by atoms with Crippen molar-refractivity contribution >= 4 is 17.8 Å². The molecule has 0 radical (unpaired) electrons. The molecule has 0 aromatic heterocycles. The molecule has 8 nitrogen and oxygen atoms in total. The van der Waals surface area contributed by atoms with Gasteiger partial charge >= 0.3 is 5.97 Å². The maximum Gasteiger partial charge on any atom is 0.312 e. The lowest BCUT2D eigenvalue weighted by atomic mass is 9.70. The predicted octanol–water partition coefficient (Wildman–Crippen LogP) is 3.73. The number of esters is 1. The van der Waals surface area contributed by atoms with Gasteiger partial charge in [0.2, 0.25) is 11.8 Å². The largest absolute Gasteiger partial charge is 0.461 e. The van der Waals surface area contributed by atoms with Gasteiger partial charge < -0.3 is 24.4 Å². The van der Waals surface area contributed by atoms with Crippen LogP contribution in [-0.4, -0.2) is 81.8 Å². The lowest BCUT2D eigenvalue weighted by molar-refractivity contribution is -0.158. The van der Waals surface area contributed by atoms with Crippen molar-refractivity contribution in [2.45, 2.75) is 103 Å². The van der Waals surface area contributed by atoms with E-state index >= 15 is 0 Å². The molecule has 3 saturated heterocycles. The molecule has 0 saturated carbocycles. The topological polar surface area (TPSA) is 96.4 Å². The van der Waals surface area contributed by atoms with E-state index in [2.05, 4.69) is 33.9 Å². The molecule has 214 valence electrons. The first-order valence-corrected chi connectivity index (χ1v) is 14.0. The van der Waals surface area contributed by atoms with Crippen molar-refractivity contribution in [2.75, 3.05) is 19.8 Å². The molecule has 0 aliphatic carbocycles. The summed E-state index contributed by atoms with van der Waals surface area (Å²) in [4.78, 5) is 45.5. The van der Waals surface area contributed by atoms with Crippen LogP contribution in [0.1, 0.15) is 74.1 Å². The molecule has 3 aliphatic heterocycles. The van der Waals surface area contributed by atoms with Gasteiger partial charge in [0.25, 0.3) is 0 Å². The van der Waals surface area contributed by atoms with Crippen molar-refractivity contribution in [1.82, 2.24) is 9.80 Å². The summed E-state index contributed by atoms with van der Waals surface area (Å²) >= 11 is 0. The number of hydrogen-bond acceptors (Lipinski definition) is 6. The van der Waals surface area contributed by atoms with E-state index in [9.17, 15) is 19.5 Å². The van der Waals surface area contributed by atoms with Crippen LogP contribution in [0.4, 0.5) is 0 Å². The van der Waals surface area contributed by atoms with Crippen LogP contribution < -0.4 is 0 Å². The molecule has 0 aromatic rings. The third-order valence-electron chi connectivity index (χ3n) is 8.70. The summed E-state index contributed by atoms with van der Waals surface area (Å²) in [7, 11) is 0. The number of fused-ring (bicyclic) bond motifs is 1. The summed E-state index contributed by atoms with van der Waals surface area (Å²) in [6.45, 7) is 22.0. The van der Waals surface area contributed by atoms with Crippen LogP contribution in [0.5, 0.6) is 0 Å². The molecule has 0 aromatic carbocycles. The highest BCUT2D eigenvalue weighted by Crippen LogP contribution is 2.59. The molecule has 3 heterocycles. The van der Waals surface area contributed by atoms with Gasteiger partial charge in [-0.25, -0.2) is 0 Å². The van der Waals surface area contributed by atoms with Gasteiger partial charge in [-0.1, -0.05) is 59.8 Å². The van der Waals surface area contributed by atoms with Crippen LogP contribution in [0.3, 0.4) is 0 Å². The minimum atomic E-state index is -1.14. The van der Waals surface area contributed by atoms with Crippen molar-refractivity contribution in [2.24, 2.45) is 23.2 Å². The Balaban J connectivity index is 2.14.